The maximum absolute atomic E-state index is 10.2. The van der Waals surface area contributed by atoms with Gasteiger partial charge in [-0.1, -0.05) is 35.6 Å². The summed E-state index contributed by atoms with van der Waals surface area (Å²) in [5, 5.41) is 6.99. The minimum absolute atomic E-state index is 0. The molecule has 0 aliphatic rings. The number of rotatable bonds is 4. The van der Waals surface area contributed by atoms with Crippen LogP contribution >= 0.6 is 0 Å². The Morgan fingerprint density at radius 2 is 1.53 bits per heavy atom. The lowest BCUT2D eigenvalue weighted by molar-refractivity contribution is -0.118. The second-order valence-electron chi connectivity index (χ2n) is 2.94. The maximum atomic E-state index is 10.2. The summed E-state index contributed by atoms with van der Waals surface area (Å²) in [5.41, 5.74) is 6.11. The van der Waals surface area contributed by atoms with E-state index in [2.05, 4.69) is 0 Å². The van der Waals surface area contributed by atoms with Crippen LogP contribution < -0.4 is 5.73 Å². The molecule has 1 atom stereocenters. The van der Waals surface area contributed by atoms with Crippen molar-refractivity contribution in [1.29, 1.82) is 5.41 Å². The highest BCUT2D eigenvalue weighted by Crippen LogP contribution is 1.84. The zero-order valence-electron chi connectivity index (χ0n) is 9.18. The van der Waals surface area contributed by atoms with Crippen molar-refractivity contribution >= 4 is 11.5 Å². The second kappa shape index (κ2) is 15.8. The number of nitrogens with two attached hydrogens (primary N) is 1. The molecule has 0 aromatic carbocycles. The molecule has 0 fully saturated rings. The third kappa shape index (κ3) is 19.6. The van der Waals surface area contributed by atoms with Gasteiger partial charge in [0.15, 0.2) is 0 Å². The van der Waals surface area contributed by atoms with Crippen molar-refractivity contribution in [3.05, 3.63) is 0 Å². The van der Waals surface area contributed by atoms with Gasteiger partial charge >= 0.3 is 0 Å². The van der Waals surface area contributed by atoms with E-state index < -0.39 is 0 Å². The van der Waals surface area contributed by atoms with Crippen molar-refractivity contribution in [2.45, 2.75) is 67.9 Å². The zero-order chi connectivity index (χ0) is 10.9. The second-order valence-corrected chi connectivity index (χ2v) is 2.94. The molecule has 94 valence electrons. The Labute approximate surface area is 96.0 Å². The summed E-state index contributed by atoms with van der Waals surface area (Å²) in [4.78, 5) is 10.2. The molecule has 0 saturated carbocycles. The SMILES string of the molecule is C.C.CCC(=N)CC.CCC(N)C(C)=O. The van der Waals surface area contributed by atoms with E-state index in [1.54, 1.807) is 0 Å². The predicted molar refractivity (Wildman–Crippen MR) is 70.7 cm³/mol. The lowest BCUT2D eigenvalue weighted by atomic mass is 10.2. The first-order valence-electron chi connectivity index (χ1n) is 4.81. The Bertz CT molecular complexity index is 150. The third-order valence-corrected chi connectivity index (χ3v) is 1.82. The zero-order valence-corrected chi connectivity index (χ0v) is 9.18. The van der Waals surface area contributed by atoms with E-state index in [4.69, 9.17) is 11.1 Å². The van der Waals surface area contributed by atoms with Crippen molar-refractivity contribution in [3.8, 4) is 0 Å². The first kappa shape index (κ1) is 23.8. The van der Waals surface area contributed by atoms with Crippen LogP contribution in [0.1, 0.15) is 61.8 Å². The number of carbonyl (C=O) groups is 1. The van der Waals surface area contributed by atoms with Crippen molar-refractivity contribution in [3.63, 3.8) is 0 Å². The molecule has 3 heteroatoms. The molecule has 0 amide bonds. The third-order valence-electron chi connectivity index (χ3n) is 1.82. The van der Waals surface area contributed by atoms with Gasteiger partial charge in [0.2, 0.25) is 0 Å². The summed E-state index contributed by atoms with van der Waals surface area (Å²) < 4.78 is 0. The van der Waals surface area contributed by atoms with Crippen LogP contribution in [0.25, 0.3) is 0 Å². The van der Waals surface area contributed by atoms with E-state index in [1.807, 2.05) is 20.8 Å². The summed E-state index contributed by atoms with van der Waals surface area (Å²) in [6, 6.07) is -0.236. The number of nitrogens with one attached hydrogen (secondary N) is 1. The molecule has 0 aliphatic carbocycles. The molecule has 0 aliphatic heterocycles. The van der Waals surface area contributed by atoms with E-state index in [-0.39, 0.29) is 26.7 Å². The molecule has 0 bridgehead atoms. The molecule has 0 radical (unpaired) electrons. The minimum Gasteiger partial charge on any atom is -0.322 e. The van der Waals surface area contributed by atoms with Crippen LogP contribution in [0.4, 0.5) is 0 Å². The van der Waals surface area contributed by atoms with Crippen molar-refractivity contribution in [2.24, 2.45) is 5.73 Å². The molecule has 3 nitrogen and oxygen atoms in total. The molecule has 0 saturated heterocycles. The van der Waals surface area contributed by atoms with Crippen molar-refractivity contribution < 1.29 is 4.79 Å². The highest BCUT2D eigenvalue weighted by atomic mass is 16.1. The quantitative estimate of drug-likeness (QED) is 0.710. The van der Waals surface area contributed by atoms with Gasteiger partial charge in [-0.25, -0.2) is 0 Å². The van der Waals surface area contributed by atoms with Crippen LogP contribution in [0.2, 0.25) is 0 Å². The van der Waals surface area contributed by atoms with Gasteiger partial charge in [0.25, 0.3) is 0 Å². The highest BCUT2D eigenvalue weighted by molar-refractivity contribution is 5.81. The number of hydrogen-bond donors (Lipinski definition) is 2. The molecule has 0 spiro atoms. The number of hydrogen-bond acceptors (Lipinski definition) is 3. The highest BCUT2D eigenvalue weighted by Gasteiger charge is 2.01. The Morgan fingerprint density at radius 1 is 1.20 bits per heavy atom. The molecular weight excluding hydrogens is 188 g/mol. The average Bonchev–Trinajstić information content (AvgIpc) is 2.16. The summed E-state index contributed by atoms with van der Waals surface area (Å²) >= 11 is 0. The van der Waals surface area contributed by atoms with Crippen LogP contribution in [-0.4, -0.2) is 17.5 Å². The summed E-state index contributed by atoms with van der Waals surface area (Å²) in [7, 11) is 0. The summed E-state index contributed by atoms with van der Waals surface area (Å²) in [6.07, 6.45) is 2.57. The molecule has 3 N–H and O–H groups in total. The molecule has 0 heterocycles. The first-order chi connectivity index (χ1) is 5.99. The number of Topliss-reactive ketones (excluding diaryl/α,β-unsaturated/α-hetero) is 1. The lowest BCUT2D eigenvalue weighted by Gasteiger charge is -1.99. The van der Waals surface area contributed by atoms with E-state index >= 15 is 0 Å². The van der Waals surface area contributed by atoms with Gasteiger partial charge in [-0.15, -0.1) is 0 Å². The number of carbonyl (C=O) groups excluding carboxylic acids is 1. The van der Waals surface area contributed by atoms with Gasteiger partial charge in [-0.05, 0) is 26.2 Å². The molecular formula is C12H30N2O. The number of ketones is 1. The van der Waals surface area contributed by atoms with Gasteiger partial charge in [0.05, 0.1) is 6.04 Å². The fourth-order valence-electron chi connectivity index (χ4n) is 0.537. The van der Waals surface area contributed by atoms with E-state index in [0.29, 0.717) is 0 Å². The fourth-order valence-corrected chi connectivity index (χ4v) is 0.537. The van der Waals surface area contributed by atoms with Crippen LogP contribution in [-0.2, 0) is 4.79 Å². The molecule has 15 heavy (non-hydrogen) atoms. The van der Waals surface area contributed by atoms with Crippen LogP contribution in [0.15, 0.2) is 0 Å². The Kier molecular flexibility index (Phi) is 25.0. The first-order valence-corrected chi connectivity index (χ1v) is 4.81. The van der Waals surface area contributed by atoms with Crippen molar-refractivity contribution in [1.82, 2.24) is 0 Å². The Morgan fingerprint density at radius 3 is 1.53 bits per heavy atom. The van der Waals surface area contributed by atoms with Crippen LogP contribution in [0, 0.1) is 5.41 Å². The average molecular weight is 218 g/mol. The normalized spacial score (nSPS) is 9.67. The van der Waals surface area contributed by atoms with Gasteiger partial charge in [0.1, 0.15) is 5.78 Å². The van der Waals surface area contributed by atoms with Gasteiger partial charge in [-0.2, -0.15) is 0 Å². The van der Waals surface area contributed by atoms with Crippen LogP contribution in [0.3, 0.4) is 0 Å². The maximum Gasteiger partial charge on any atom is 0.146 e. The van der Waals surface area contributed by atoms with E-state index in [1.165, 1.54) is 6.92 Å². The van der Waals surface area contributed by atoms with Gasteiger partial charge in [0, 0.05) is 5.71 Å². The Balaban J connectivity index is -0.0000000718. The van der Waals surface area contributed by atoms with Gasteiger partial charge in [-0.3, -0.25) is 4.79 Å². The summed E-state index contributed by atoms with van der Waals surface area (Å²) in [6.45, 7) is 7.41. The lowest BCUT2D eigenvalue weighted by Crippen LogP contribution is -2.26. The molecule has 1 unspecified atom stereocenters. The van der Waals surface area contributed by atoms with E-state index in [9.17, 15) is 4.79 Å². The van der Waals surface area contributed by atoms with Crippen LogP contribution in [0.5, 0.6) is 0 Å². The van der Waals surface area contributed by atoms with E-state index in [0.717, 1.165) is 25.0 Å². The van der Waals surface area contributed by atoms with Gasteiger partial charge < -0.3 is 11.1 Å². The topological polar surface area (TPSA) is 66.9 Å². The summed E-state index contributed by atoms with van der Waals surface area (Å²) in [5.74, 6) is 0.0718. The molecule has 0 aromatic heterocycles. The predicted octanol–water partition coefficient (Wildman–Crippen LogP) is 3.41. The largest absolute Gasteiger partial charge is 0.322 e. The van der Waals surface area contributed by atoms with Crippen molar-refractivity contribution in [2.75, 3.05) is 0 Å². The fraction of sp³-hybridized carbons (Fsp3) is 0.833. The smallest absolute Gasteiger partial charge is 0.146 e. The molecule has 0 rings (SSSR count). The Hall–Kier alpha value is -0.700. The molecule has 0 aromatic rings. The minimum atomic E-state index is -0.236. The monoisotopic (exact) mass is 218 g/mol. The standard InChI is InChI=1S/C5H11NO.C5H11N.2CH4/c1-3-5(6)4(2)7;1-3-5(6)4-2;;/h5H,3,6H2,1-2H3;6H,3-4H2,1-2H3;2*1H4.